The molecule has 0 saturated heterocycles. The molecule has 1 aliphatic carbocycles. The van der Waals surface area contributed by atoms with Crippen LogP contribution in [-0.2, 0) is 14.3 Å². The number of hydrogen-bond donors (Lipinski definition) is 1. The Bertz CT molecular complexity index is 879. The molecule has 7 heteroatoms. The van der Waals surface area contributed by atoms with Gasteiger partial charge in [0.1, 0.15) is 12.0 Å². The molecule has 1 atom stereocenters. The number of aldehydes is 1. The van der Waals surface area contributed by atoms with E-state index in [2.05, 4.69) is 62.4 Å². The first-order valence-electron chi connectivity index (χ1n) is 15.4. The summed E-state index contributed by atoms with van der Waals surface area (Å²) in [5.41, 5.74) is 0.548. The molecule has 1 unspecified atom stereocenters. The summed E-state index contributed by atoms with van der Waals surface area (Å²) >= 11 is 9.73. The second-order valence-corrected chi connectivity index (χ2v) is 11.0. The summed E-state index contributed by atoms with van der Waals surface area (Å²) in [7, 11) is 1.70. The zero-order valence-electron chi connectivity index (χ0n) is 28.4. The summed E-state index contributed by atoms with van der Waals surface area (Å²) in [5, 5.41) is 0.630. The van der Waals surface area contributed by atoms with Crippen LogP contribution in [0.15, 0.2) is 41.1 Å². The van der Waals surface area contributed by atoms with Crippen LogP contribution >= 0.6 is 24.2 Å². The van der Waals surface area contributed by atoms with Crippen LogP contribution in [0.1, 0.15) is 114 Å². The van der Waals surface area contributed by atoms with Crippen molar-refractivity contribution in [1.29, 1.82) is 0 Å². The predicted octanol–water partition coefficient (Wildman–Crippen LogP) is 10.2. The number of allylic oxidation sites excluding steroid dienone is 2. The lowest BCUT2D eigenvalue weighted by Crippen LogP contribution is -2.47. The number of aryl methyl sites for hydroxylation is 1. The molecule has 1 saturated carbocycles. The minimum absolute atomic E-state index is 0.0684. The van der Waals surface area contributed by atoms with E-state index in [9.17, 15) is 4.79 Å². The van der Waals surface area contributed by atoms with Gasteiger partial charge in [-0.05, 0) is 70.1 Å². The molecule has 238 valence electrons. The lowest BCUT2D eigenvalue weighted by molar-refractivity contribution is -0.142. The Labute approximate surface area is 264 Å². The van der Waals surface area contributed by atoms with Crippen molar-refractivity contribution in [2.75, 3.05) is 13.7 Å². The molecule has 1 amide bonds. The molecular formula is C34H61ClN2O3S. The quantitative estimate of drug-likeness (QED) is 0.272. The van der Waals surface area contributed by atoms with Crippen LogP contribution in [0.5, 0.6) is 0 Å². The number of aromatic nitrogens is 1. The number of methoxy groups -OCH3 is 1. The molecule has 2 heterocycles. The van der Waals surface area contributed by atoms with Gasteiger partial charge in [-0.15, -0.1) is 12.6 Å². The maximum atomic E-state index is 13.1. The Morgan fingerprint density at radius 3 is 2.05 bits per heavy atom. The molecule has 3 rings (SSSR count). The normalized spacial score (nSPS) is 22.8. The van der Waals surface area contributed by atoms with E-state index in [1.165, 1.54) is 32.6 Å². The number of nitrogens with zero attached hydrogens (tertiary/aromatic N) is 2. The number of hydrogen-bond acceptors (Lipinski definition) is 5. The van der Waals surface area contributed by atoms with E-state index in [0.717, 1.165) is 41.5 Å². The fraction of sp³-hybridized carbons (Fsp3) is 0.676. The van der Waals surface area contributed by atoms with Crippen LogP contribution in [0.4, 0.5) is 0 Å². The minimum Gasteiger partial charge on any atom is -0.497 e. The lowest BCUT2D eigenvalue weighted by atomic mass is 9.81. The van der Waals surface area contributed by atoms with Crippen molar-refractivity contribution in [2.24, 2.45) is 17.3 Å². The van der Waals surface area contributed by atoms with Gasteiger partial charge in [-0.3, -0.25) is 9.78 Å². The molecule has 2 aliphatic rings. The molecule has 0 radical (unpaired) electrons. The first kappa shape index (κ1) is 43.7. The van der Waals surface area contributed by atoms with Gasteiger partial charge >= 0.3 is 0 Å². The third-order valence-electron chi connectivity index (χ3n) is 6.50. The zero-order valence-corrected chi connectivity index (χ0v) is 30.0. The Kier molecular flexibility index (Phi) is 27.6. The van der Waals surface area contributed by atoms with Crippen LogP contribution in [-0.4, -0.2) is 41.8 Å². The van der Waals surface area contributed by atoms with Gasteiger partial charge in [0.2, 0.25) is 5.91 Å². The first-order chi connectivity index (χ1) is 19.4. The van der Waals surface area contributed by atoms with Crippen molar-refractivity contribution >= 4 is 36.4 Å². The Balaban J connectivity index is -0.000000663. The summed E-state index contributed by atoms with van der Waals surface area (Å²) in [6.45, 7) is 24.8. The van der Waals surface area contributed by atoms with E-state index >= 15 is 0 Å². The number of rotatable bonds is 3. The summed E-state index contributed by atoms with van der Waals surface area (Å²) in [5.74, 6) is 2.60. The number of amides is 1. The minimum atomic E-state index is -0.357. The van der Waals surface area contributed by atoms with Gasteiger partial charge in [-0.25, -0.2) is 0 Å². The Morgan fingerprint density at radius 1 is 1.10 bits per heavy atom. The van der Waals surface area contributed by atoms with Crippen molar-refractivity contribution in [3.63, 3.8) is 0 Å². The highest BCUT2D eigenvalue weighted by molar-refractivity contribution is 7.80. The van der Waals surface area contributed by atoms with Gasteiger partial charge < -0.3 is 14.4 Å². The van der Waals surface area contributed by atoms with E-state index in [4.69, 9.17) is 21.1 Å². The van der Waals surface area contributed by atoms with Crippen LogP contribution in [0.3, 0.4) is 0 Å². The smallest absolute Gasteiger partial charge is 0.229 e. The van der Waals surface area contributed by atoms with E-state index in [1.807, 2.05) is 54.5 Å². The molecule has 1 aromatic rings. The van der Waals surface area contributed by atoms with E-state index in [-0.39, 0.29) is 17.4 Å². The molecule has 0 spiro atoms. The van der Waals surface area contributed by atoms with Crippen molar-refractivity contribution in [2.45, 2.75) is 126 Å². The van der Waals surface area contributed by atoms with Crippen molar-refractivity contribution < 1.29 is 14.3 Å². The zero-order chi connectivity index (χ0) is 32.6. The van der Waals surface area contributed by atoms with Crippen LogP contribution in [0.25, 0.3) is 0 Å². The molecule has 41 heavy (non-hydrogen) atoms. The van der Waals surface area contributed by atoms with Gasteiger partial charge in [0.05, 0.1) is 23.9 Å². The van der Waals surface area contributed by atoms with Crippen molar-refractivity contribution in [3.05, 3.63) is 47.0 Å². The third-order valence-corrected chi connectivity index (χ3v) is 7.16. The summed E-state index contributed by atoms with van der Waals surface area (Å²) < 4.78 is 5.44. The summed E-state index contributed by atoms with van der Waals surface area (Å²) in [6.07, 6.45) is 14.3. The highest BCUT2D eigenvalue weighted by Crippen LogP contribution is 2.32. The molecule has 1 fully saturated rings. The second-order valence-electron chi connectivity index (χ2n) is 10.1. The van der Waals surface area contributed by atoms with Gasteiger partial charge in [-0.2, -0.15) is 0 Å². The summed E-state index contributed by atoms with van der Waals surface area (Å²) in [6, 6.07) is 1.84. The van der Waals surface area contributed by atoms with E-state index < -0.39 is 0 Å². The average molecular weight is 613 g/mol. The van der Waals surface area contributed by atoms with Crippen LogP contribution in [0, 0.1) is 24.2 Å². The molecule has 1 aliphatic heterocycles. The topological polar surface area (TPSA) is 59.5 Å². The van der Waals surface area contributed by atoms with Crippen molar-refractivity contribution in [1.82, 2.24) is 9.88 Å². The predicted molar refractivity (Wildman–Crippen MR) is 182 cm³/mol. The highest BCUT2D eigenvalue weighted by Gasteiger charge is 2.35. The Hall–Kier alpha value is -1.79. The lowest BCUT2D eigenvalue weighted by Gasteiger charge is -2.38. The summed E-state index contributed by atoms with van der Waals surface area (Å²) in [4.78, 5) is 28.8. The fourth-order valence-electron chi connectivity index (χ4n) is 4.19. The second kappa shape index (κ2) is 25.9. The monoisotopic (exact) mass is 612 g/mol. The van der Waals surface area contributed by atoms with Crippen LogP contribution in [0.2, 0.25) is 5.02 Å². The molecule has 0 aromatic carbocycles. The van der Waals surface area contributed by atoms with Gasteiger partial charge in [0, 0.05) is 23.1 Å². The molecule has 5 nitrogen and oxygen atoms in total. The highest BCUT2D eigenvalue weighted by atomic mass is 35.5. The van der Waals surface area contributed by atoms with Crippen LogP contribution < -0.4 is 0 Å². The standard InChI is InChI=1S/C20H33NO2.C6H6ClNS.C2H4O.3C2H6/c1-15-8-10-17(11-9-15)14-21-16(2)13-18(23-5)7-6-12-20(3,4)19(21)22;1-4-6(9)2-5(7)3-8-4;1-2-3;3*1-2/h6-7,13,15-17H,8-12,14H2,1-5H3;2-3,9H,1H3;2H,1H3;3*1-2H3/b7-6-,18-13+;;;;;. The van der Waals surface area contributed by atoms with Gasteiger partial charge in [0.15, 0.2) is 0 Å². The third kappa shape index (κ3) is 18.4. The number of halogens is 1. The van der Waals surface area contributed by atoms with Gasteiger partial charge in [-0.1, -0.05) is 92.8 Å². The number of ether oxygens (including phenoxy) is 1. The Morgan fingerprint density at radius 2 is 1.61 bits per heavy atom. The molecular weight excluding hydrogens is 552 g/mol. The SMILES string of the molecule is CC.CC.CC.CC=O.COC1=C/C(C)N(CC2CCC(C)CC2)C(=O)C(C)(C)C/C=C\1.Cc1ncc(Cl)cc1S. The molecule has 0 bridgehead atoms. The number of carbonyl (C=O) groups excluding carboxylic acids is 2. The molecule has 1 aromatic heterocycles. The first-order valence-corrected chi connectivity index (χ1v) is 16.2. The maximum Gasteiger partial charge on any atom is 0.229 e. The number of carbonyl (C=O) groups is 2. The molecule has 0 N–H and O–H groups in total. The number of thiol groups is 1. The maximum absolute atomic E-state index is 13.1. The van der Waals surface area contributed by atoms with Crippen molar-refractivity contribution in [3.8, 4) is 0 Å². The number of pyridine rings is 1. The fourth-order valence-corrected chi connectivity index (χ4v) is 4.62. The van der Waals surface area contributed by atoms with E-state index in [1.54, 1.807) is 19.4 Å². The van der Waals surface area contributed by atoms with Gasteiger partial charge in [0.25, 0.3) is 0 Å². The average Bonchev–Trinajstić information content (AvgIpc) is 3.00. The van der Waals surface area contributed by atoms with E-state index in [0.29, 0.717) is 10.9 Å². The largest absolute Gasteiger partial charge is 0.497 e.